The summed E-state index contributed by atoms with van der Waals surface area (Å²) in [5.41, 5.74) is -0.366. The van der Waals surface area contributed by atoms with Gasteiger partial charge in [0.2, 0.25) is 5.88 Å². The van der Waals surface area contributed by atoms with E-state index in [1.165, 1.54) is 7.05 Å². The van der Waals surface area contributed by atoms with Crippen molar-refractivity contribution in [1.82, 2.24) is 9.55 Å². The highest BCUT2D eigenvalue weighted by atomic mass is 16.3. The highest BCUT2D eigenvalue weighted by molar-refractivity contribution is 6.29. The summed E-state index contributed by atoms with van der Waals surface area (Å²) in [7, 11) is 6.69. The van der Waals surface area contributed by atoms with Crippen LogP contribution in [-0.4, -0.2) is 22.5 Å². The Labute approximate surface area is 58.6 Å². The van der Waals surface area contributed by atoms with Crippen LogP contribution in [-0.2, 0) is 7.05 Å². The first-order valence-corrected chi connectivity index (χ1v) is 2.64. The van der Waals surface area contributed by atoms with Crippen molar-refractivity contribution in [3.8, 4) is 5.88 Å². The summed E-state index contributed by atoms with van der Waals surface area (Å²) >= 11 is 0. The quantitative estimate of drug-likeness (QED) is 0.431. The number of aromatic nitrogens is 2. The Morgan fingerprint density at radius 1 is 1.80 bits per heavy atom. The van der Waals surface area contributed by atoms with Crippen LogP contribution in [0.15, 0.2) is 10.9 Å². The first-order valence-electron chi connectivity index (χ1n) is 2.64. The summed E-state index contributed by atoms with van der Waals surface area (Å²) in [5.74, 6) is -0.347. The van der Waals surface area contributed by atoms with Gasteiger partial charge in [-0.2, -0.15) is 5.72 Å². The summed E-state index contributed by atoms with van der Waals surface area (Å²) in [6.45, 7) is 0. The minimum Gasteiger partial charge on any atom is -0.528 e. The molecule has 0 aromatic carbocycles. The van der Waals surface area contributed by atoms with Gasteiger partial charge in [-0.15, -0.1) is 0 Å². The Hall–Kier alpha value is -1.26. The van der Waals surface area contributed by atoms with Crippen molar-refractivity contribution in [2.75, 3.05) is 0 Å². The van der Waals surface area contributed by atoms with Crippen LogP contribution in [0.2, 0.25) is 0 Å². The number of hydrogen-bond acceptors (Lipinski definition) is 3. The zero-order valence-corrected chi connectivity index (χ0v) is 5.40. The van der Waals surface area contributed by atoms with Crippen LogP contribution < -0.4 is 11.3 Å². The molecule has 0 saturated carbocycles. The minimum absolute atomic E-state index is 0.00463. The molecule has 4 nitrogen and oxygen atoms in total. The van der Waals surface area contributed by atoms with Crippen LogP contribution in [0.1, 0.15) is 0 Å². The second-order valence-corrected chi connectivity index (χ2v) is 1.87. The fraction of sp³-hybridized carbons (Fsp3) is 0.200. The molecule has 0 saturated heterocycles. The lowest BCUT2D eigenvalue weighted by Gasteiger charge is -2.11. The molecular formula is C5H5BN2O2-. The Bertz CT molecular complexity index is 307. The van der Waals surface area contributed by atoms with Gasteiger partial charge in [-0.25, -0.2) is 0 Å². The van der Waals surface area contributed by atoms with Gasteiger partial charge in [-0.3, -0.25) is 9.78 Å². The van der Waals surface area contributed by atoms with E-state index in [-0.39, 0.29) is 17.2 Å². The number of aromatic hydroxyl groups is 1. The lowest BCUT2D eigenvalue weighted by Crippen LogP contribution is -2.32. The molecule has 1 aromatic heterocycles. The van der Waals surface area contributed by atoms with E-state index in [0.29, 0.717) is 0 Å². The predicted molar refractivity (Wildman–Crippen MR) is 36.5 cm³/mol. The summed E-state index contributed by atoms with van der Waals surface area (Å²) < 4.78 is 1.14. The van der Waals surface area contributed by atoms with Crippen LogP contribution in [0.3, 0.4) is 0 Å². The van der Waals surface area contributed by atoms with E-state index < -0.39 is 0 Å². The topological polar surface area (TPSA) is 55.1 Å². The third-order valence-corrected chi connectivity index (χ3v) is 1.16. The first kappa shape index (κ1) is 6.86. The van der Waals surface area contributed by atoms with Gasteiger partial charge in [0.15, 0.2) is 0 Å². The summed E-state index contributed by atoms with van der Waals surface area (Å²) in [5, 5.41) is 8.71. The fourth-order valence-corrected chi connectivity index (χ4v) is 0.545. The molecular weight excluding hydrogens is 131 g/mol. The Kier molecular flexibility index (Phi) is 1.49. The molecule has 1 rings (SSSR count). The van der Waals surface area contributed by atoms with Gasteiger partial charge in [-0.1, -0.05) is 0 Å². The Morgan fingerprint density at radius 3 is 2.90 bits per heavy atom. The molecule has 0 fully saturated rings. The number of hydrogen-bond donors (Lipinski definition) is 1. The third kappa shape index (κ3) is 1.02. The van der Waals surface area contributed by atoms with Crippen molar-refractivity contribution in [2.45, 2.75) is 0 Å². The van der Waals surface area contributed by atoms with Gasteiger partial charge in [0.25, 0.3) is 5.56 Å². The van der Waals surface area contributed by atoms with Gasteiger partial charge >= 0.3 is 0 Å². The summed E-state index contributed by atoms with van der Waals surface area (Å²) in [6.07, 6.45) is 0. The standard InChI is InChI=1S/C5H5BN2O2/c1-8-4(10)2-3(9)7-5(8)6/h2,9H,1H3/q-1. The summed E-state index contributed by atoms with van der Waals surface area (Å²) in [6, 6.07) is 0.996. The molecule has 0 bridgehead atoms. The maximum atomic E-state index is 10.7. The zero-order valence-electron chi connectivity index (χ0n) is 5.40. The Morgan fingerprint density at radius 2 is 2.40 bits per heavy atom. The predicted octanol–water partition coefficient (Wildman–Crippen LogP) is -1.72. The highest BCUT2D eigenvalue weighted by Gasteiger charge is 1.90. The van der Waals surface area contributed by atoms with Crippen molar-refractivity contribution in [3.63, 3.8) is 0 Å². The largest absolute Gasteiger partial charge is 0.528 e. The number of nitrogens with zero attached hydrogens (tertiary/aromatic N) is 2. The van der Waals surface area contributed by atoms with Crippen LogP contribution in [0.25, 0.3) is 0 Å². The molecule has 1 aromatic rings. The molecule has 0 amide bonds. The lowest BCUT2D eigenvalue weighted by molar-refractivity contribution is 0.450. The van der Waals surface area contributed by atoms with Crippen LogP contribution in [0.4, 0.5) is 0 Å². The molecule has 3 radical (unpaired) electrons. The lowest BCUT2D eigenvalue weighted by atomic mass is 10.1. The monoisotopic (exact) mass is 136 g/mol. The van der Waals surface area contributed by atoms with E-state index in [0.717, 1.165) is 10.6 Å². The van der Waals surface area contributed by atoms with E-state index in [1.807, 2.05) is 0 Å². The average molecular weight is 136 g/mol. The van der Waals surface area contributed by atoms with Crippen LogP contribution in [0, 0.1) is 0 Å². The first-order chi connectivity index (χ1) is 4.61. The maximum Gasteiger partial charge on any atom is 0.253 e. The van der Waals surface area contributed by atoms with E-state index >= 15 is 0 Å². The second kappa shape index (κ2) is 2.17. The highest BCUT2D eigenvalue weighted by Crippen LogP contribution is 1.90. The van der Waals surface area contributed by atoms with Crippen LogP contribution in [0.5, 0.6) is 5.88 Å². The van der Waals surface area contributed by atoms with Gasteiger partial charge in [-0.05, 0) is 0 Å². The van der Waals surface area contributed by atoms with Crippen molar-refractivity contribution in [2.24, 2.45) is 7.05 Å². The average Bonchev–Trinajstić information content (AvgIpc) is 1.82. The van der Waals surface area contributed by atoms with Gasteiger partial charge < -0.3 is 17.5 Å². The molecule has 0 spiro atoms. The normalized spacial score (nSPS) is 9.80. The number of rotatable bonds is 0. The smallest absolute Gasteiger partial charge is 0.253 e. The zero-order chi connectivity index (χ0) is 7.72. The van der Waals surface area contributed by atoms with Gasteiger partial charge in [0, 0.05) is 7.05 Å². The van der Waals surface area contributed by atoms with E-state index in [4.69, 9.17) is 13.0 Å². The minimum atomic E-state index is -0.370. The van der Waals surface area contributed by atoms with E-state index in [2.05, 4.69) is 4.98 Å². The molecule has 0 atom stereocenters. The molecule has 0 aliphatic heterocycles. The fourth-order valence-electron chi connectivity index (χ4n) is 0.545. The molecule has 5 heteroatoms. The van der Waals surface area contributed by atoms with Crippen LogP contribution >= 0.6 is 0 Å². The molecule has 51 valence electrons. The molecule has 1 heterocycles. The van der Waals surface area contributed by atoms with E-state index in [9.17, 15) is 4.79 Å². The summed E-state index contributed by atoms with van der Waals surface area (Å²) in [4.78, 5) is 14.2. The van der Waals surface area contributed by atoms with Crippen molar-refractivity contribution >= 4 is 13.6 Å². The van der Waals surface area contributed by atoms with Crippen molar-refractivity contribution < 1.29 is 5.11 Å². The molecule has 10 heavy (non-hydrogen) atoms. The third-order valence-electron chi connectivity index (χ3n) is 1.16. The molecule has 1 N–H and O–H groups in total. The Balaban J connectivity index is 3.46. The van der Waals surface area contributed by atoms with Crippen molar-refractivity contribution in [1.29, 1.82) is 0 Å². The maximum absolute atomic E-state index is 10.7. The molecule has 0 aliphatic rings. The second-order valence-electron chi connectivity index (χ2n) is 1.87. The van der Waals surface area contributed by atoms with Gasteiger partial charge in [0.1, 0.15) is 0 Å². The van der Waals surface area contributed by atoms with E-state index in [1.54, 1.807) is 0 Å². The molecule has 0 aliphatic carbocycles. The van der Waals surface area contributed by atoms with Crippen molar-refractivity contribution in [3.05, 3.63) is 16.4 Å². The molecule has 0 unspecified atom stereocenters. The SMILES string of the molecule is [B-]c1nc(O)cc(=O)n1C. The van der Waals surface area contributed by atoms with Gasteiger partial charge in [0.05, 0.1) is 6.07 Å².